The standard InChI is InChI=1S/C18H18ClNO3/c19-16-3-1-2-14(8-16)12-23-17-6-4-13(5-7-17)9-20-10-15(11-20)18(21)22/h1-8,15H,9-12H2,(H,21,22). The maximum Gasteiger partial charge on any atom is 0.309 e. The number of carboxylic acids is 1. The minimum atomic E-state index is -0.703. The monoisotopic (exact) mass is 331 g/mol. The molecule has 0 aromatic heterocycles. The summed E-state index contributed by atoms with van der Waals surface area (Å²) >= 11 is 5.95. The molecule has 1 heterocycles. The number of hydrogen-bond donors (Lipinski definition) is 1. The van der Waals surface area contributed by atoms with Crippen LogP contribution >= 0.6 is 11.6 Å². The minimum Gasteiger partial charge on any atom is -0.489 e. The molecule has 1 N–H and O–H groups in total. The smallest absolute Gasteiger partial charge is 0.309 e. The van der Waals surface area contributed by atoms with Gasteiger partial charge in [-0.25, -0.2) is 0 Å². The van der Waals surface area contributed by atoms with Crippen LogP contribution in [0.5, 0.6) is 5.75 Å². The van der Waals surface area contributed by atoms with E-state index in [1.807, 2.05) is 48.5 Å². The highest BCUT2D eigenvalue weighted by molar-refractivity contribution is 6.30. The molecule has 0 saturated carbocycles. The summed E-state index contributed by atoms with van der Waals surface area (Å²) in [5.41, 5.74) is 2.19. The summed E-state index contributed by atoms with van der Waals surface area (Å²) in [7, 11) is 0. The maximum atomic E-state index is 10.8. The summed E-state index contributed by atoms with van der Waals surface area (Å²) in [5.74, 6) is -0.109. The SMILES string of the molecule is O=C(O)C1CN(Cc2ccc(OCc3cccc(Cl)c3)cc2)C1. The third kappa shape index (κ3) is 4.24. The Morgan fingerprint density at radius 3 is 2.57 bits per heavy atom. The van der Waals surface area contributed by atoms with E-state index >= 15 is 0 Å². The molecule has 0 amide bonds. The molecule has 1 aliphatic heterocycles. The fourth-order valence-electron chi connectivity index (χ4n) is 2.60. The predicted molar refractivity (Wildman–Crippen MR) is 88.6 cm³/mol. The highest BCUT2D eigenvalue weighted by Gasteiger charge is 2.31. The van der Waals surface area contributed by atoms with E-state index in [0.29, 0.717) is 24.7 Å². The number of nitrogens with zero attached hydrogens (tertiary/aromatic N) is 1. The molecule has 0 aliphatic carbocycles. The lowest BCUT2D eigenvalue weighted by Crippen LogP contribution is -2.49. The molecule has 5 heteroatoms. The molecule has 0 radical (unpaired) electrons. The van der Waals surface area contributed by atoms with Gasteiger partial charge in [-0.3, -0.25) is 9.69 Å². The van der Waals surface area contributed by atoms with Crippen molar-refractivity contribution >= 4 is 17.6 Å². The van der Waals surface area contributed by atoms with Gasteiger partial charge in [0.25, 0.3) is 0 Å². The number of ether oxygens (including phenoxy) is 1. The highest BCUT2D eigenvalue weighted by Crippen LogP contribution is 2.21. The molecule has 0 bridgehead atoms. The Bertz CT molecular complexity index is 681. The molecular weight excluding hydrogens is 314 g/mol. The third-order valence-electron chi connectivity index (χ3n) is 3.93. The van der Waals surface area contributed by atoms with Gasteiger partial charge in [0.2, 0.25) is 0 Å². The van der Waals surface area contributed by atoms with Crippen LogP contribution in [0.3, 0.4) is 0 Å². The topological polar surface area (TPSA) is 49.8 Å². The zero-order chi connectivity index (χ0) is 16.2. The van der Waals surface area contributed by atoms with Crippen molar-refractivity contribution in [3.05, 3.63) is 64.7 Å². The fourth-order valence-corrected chi connectivity index (χ4v) is 2.81. The van der Waals surface area contributed by atoms with Gasteiger partial charge < -0.3 is 9.84 Å². The first-order valence-electron chi connectivity index (χ1n) is 7.51. The number of hydrogen-bond acceptors (Lipinski definition) is 3. The van der Waals surface area contributed by atoms with Crippen LogP contribution in [0.15, 0.2) is 48.5 Å². The zero-order valence-electron chi connectivity index (χ0n) is 12.6. The molecule has 0 spiro atoms. The summed E-state index contributed by atoms with van der Waals surface area (Å²) in [6, 6.07) is 15.5. The Morgan fingerprint density at radius 1 is 1.17 bits per heavy atom. The van der Waals surface area contributed by atoms with Crippen LogP contribution in [-0.4, -0.2) is 29.1 Å². The Labute approximate surface area is 140 Å². The second-order valence-electron chi connectivity index (χ2n) is 5.79. The molecule has 4 nitrogen and oxygen atoms in total. The van der Waals surface area contributed by atoms with Gasteiger partial charge in [0.05, 0.1) is 5.92 Å². The van der Waals surface area contributed by atoms with Crippen molar-refractivity contribution in [1.29, 1.82) is 0 Å². The fraction of sp³-hybridized carbons (Fsp3) is 0.278. The molecule has 1 aliphatic rings. The molecule has 3 rings (SSSR count). The number of halogens is 1. The summed E-state index contributed by atoms with van der Waals surface area (Å²) in [4.78, 5) is 12.9. The predicted octanol–water partition coefficient (Wildman–Crippen LogP) is 3.44. The molecule has 1 saturated heterocycles. The van der Waals surface area contributed by atoms with Gasteiger partial charge in [0.15, 0.2) is 0 Å². The first-order valence-corrected chi connectivity index (χ1v) is 7.89. The summed E-state index contributed by atoms with van der Waals surface area (Å²) in [6.07, 6.45) is 0. The van der Waals surface area contributed by atoms with Gasteiger partial charge in [0, 0.05) is 24.7 Å². The molecule has 120 valence electrons. The van der Waals surface area contributed by atoms with E-state index in [4.69, 9.17) is 21.4 Å². The number of benzene rings is 2. The van der Waals surface area contributed by atoms with Gasteiger partial charge >= 0.3 is 5.97 Å². The van der Waals surface area contributed by atoms with Crippen molar-refractivity contribution in [3.63, 3.8) is 0 Å². The summed E-state index contributed by atoms with van der Waals surface area (Å²) in [5, 5.41) is 9.58. The summed E-state index contributed by atoms with van der Waals surface area (Å²) < 4.78 is 5.75. The van der Waals surface area contributed by atoms with E-state index in [2.05, 4.69) is 4.90 Å². The molecule has 2 aromatic rings. The van der Waals surface area contributed by atoms with Crippen molar-refractivity contribution in [1.82, 2.24) is 4.90 Å². The minimum absolute atomic E-state index is 0.213. The zero-order valence-corrected chi connectivity index (χ0v) is 13.4. The lowest BCUT2D eigenvalue weighted by Gasteiger charge is -2.36. The molecule has 1 fully saturated rings. The van der Waals surface area contributed by atoms with Crippen molar-refractivity contribution in [2.24, 2.45) is 5.92 Å². The number of rotatable bonds is 6. The average molecular weight is 332 g/mol. The molecular formula is C18H18ClNO3. The Kier molecular flexibility index (Phi) is 4.84. The molecule has 23 heavy (non-hydrogen) atoms. The van der Waals surface area contributed by atoms with Crippen molar-refractivity contribution in [2.75, 3.05) is 13.1 Å². The third-order valence-corrected chi connectivity index (χ3v) is 4.17. The lowest BCUT2D eigenvalue weighted by molar-refractivity contribution is -0.147. The normalized spacial score (nSPS) is 15.2. The van der Waals surface area contributed by atoms with Crippen LogP contribution < -0.4 is 4.74 Å². The lowest BCUT2D eigenvalue weighted by atomic mass is 10.00. The van der Waals surface area contributed by atoms with E-state index in [-0.39, 0.29) is 5.92 Å². The van der Waals surface area contributed by atoms with Gasteiger partial charge in [-0.05, 0) is 35.4 Å². The number of aliphatic carboxylic acids is 1. The molecule has 0 atom stereocenters. The number of carboxylic acid groups (broad SMARTS) is 1. The molecule has 0 unspecified atom stereocenters. The van der Waals surface area contributed by atoms with E-state index < -0.39 is 5.97 Å². The Morgan fingerprint density at radius 2 is 1.91 bits per heavy atom. The molecule has 2 aromatic carbocycles. The number of likely N-dealkylation sites (tertiary alicyclic amines) is 1. The largest absolute Gasteiger partial charge is 0.489 e. The maximum absolute atomic E-state index is 10.8. The summed E-state index contributed by atoms with van der Waals surface area (Å²) in [6.45, 7) is 2.51. The van der Waals surface area contributed by atoms with Crippen molar-refractivity contribution in [2.45, 2.75) is 13.2 Å². The van der Waals surface area contributed by atoms with Gasteiger partial charge in [-0.2, -0.15) is 0 Å². The van der Waals surface area contributed by atoms with Crippen LogP contribution in [0.1, 0.15) is 11.1 Å². The first-order chi connectivity index (χ1) is 11.1. The Hall–Kier alpha value is -2.04. The van der Waals surface area contributed by atoms with Gasteiger partial charge in [-0.15, -0.1) is 0 Å². The second-order valence-corrected chi connectivity index (χ2v) is 6.23. The van der Waals surface area contributed by atoms with Gasteiger partial charge in [-0.1, -0.05) is 35.9 Å². The van der Waals surface area contributed by atoms with E-state index in [0.717, 1.165) is 23.4 Å². The van der Waals surface area contributed by atoms with E-state index in [9.17, 15) is 4.79 Å². The van der Waals surface area contributed by atoms with Crippen LogP contribution in [0.2, 0.25) is 5.02 Å². The number of carbonyl (C=O) groups is 1. The van der Waals surface area contributed by atoms with Crippen LogP contribution in [0.25, 0.3) is 0 Å². The van der Waals surface area contributed by atoms with E-state index in [1.54, 1.807) is 0 Å². The van der Waals surface area contributed by atoms with Crippen LogP contribution in [0, 0.1) is 5.92 Å². The Balaban J connectivity index is 1.48. The van der Waals surface area contributed by atoms with Crippen molar-refractivity contribution in [3.8, 4) is 5.75 Å². The van der Waals surface area contributed by atoms with Crippen molar-refractivity contribution < 1.29 is 14.6 Å². The quantitative estimate of drug-likeness (QED) is 0.881. The van der Waals surface area contributed by atoms with Gasteiger partial charge in [0.1, 0.15) is 12.4 Å². The van der Waals surface area contributed by atoms with Crippen LogP contribution in [0.4, 0.5) is 0 Å². The average Bonchev–Trinajstić information content (AvgIpc) is 2.49. The van der Waals surface area contributed by atoms with Crippen LogP contribution in [-0.2, 0) is 17.9 Å². The first kappa shape index (κ1) is 15.8. The second kappa shape index (κ2) is 7.02. The highest BCUT2D eigenvalue weighted by atomic mass is 35.5. The van der Waals surface area contributed by atoms with E-state index in [1.165, 1.54) is 0 Å².